The summed E-state index contributed by atoms with van der Waals surface area (Å²) in [6.07, 6.45) is 10.5. The molecule has 1 fully saturated rings. The molecule has 0 spiro atoms. The van der Waals surface area contributed by atoms with Crippen LogP contribution in [0.5, 0.6) is 0 Å². The number of hydrazine groups is 1. The fourth-order valence-electron chi connectivity index (χ4n) is 2.16. The molecular weight excluding hydrogens is 234 g/mol. The van der Waals surface area contributed by atoms with E-state index >= 15 is 0 Å². The zero-order valence-corrected chi connectivity index (χ0v) is 10.8. The van der Waals surface area contributed by atoms with Crippen LogP contribution in [0.25, 0.3) is 0 Å². The Morgan fingerprint density at radius 3 is 2.59 bits per heavy atom. The predicted octanol–water partition coefficient (Wildman–Crippen LogP) is 1.85. The second kappa shape index (κ2) is 6.07. The van der Waals surface area contributed by atoms with Crippen LogP contribution in [0.1, 0.15) is 25.7 Å². The maximum atomic E-state index is 5.31. The minimum Gasteiger partial charge on any atom is -0.366 e. The monoisotopic (exact) mass is 253 g/mol. The van der Waals surface area contributed by atoms with Gasteiger partial charge in [0, 0.05) is 11.3 Å². The highest BCUT2D eigenvalue weighted by Crippen LogP contribution is 2.28. The summed E-state index contributed by atoms with van der Waals surface area (Å²) in [6.45, 7) is 0. The zero-order chi connectivity index (χ0) is 12.1. The number of rotatable bonds is 4. The van der Waals surface area contributed by atoms with Crippen LogP contribution in [0.2, 0.25) is 0 Å². The van der Waals surface area contributed by atoms with Crippen molar-refractivity contribution < 1.29 is 0 Å². The second-order valence-electron chi connectivity index (χ2n) is 4.29. The van der Waals surface area contributed by atoms with Crippen LogP contribution in [0.4, 0.5) is 11.6 Å². The highest BCUT2D eigenvalue weighted by atomic mass is 32.2. The molecule has 94 valence electrons. The van der Waals surface area contributed by atoms with Crippen LogP contribution in [0.15, 0.2) is 12.4 Å². The number of nitrogens with two attached hydrogens (primary N) is 1. The standard InChI is InChI=1S/C11H19N5S/c1-17-9-4-2-8(3-5-9)14-10-6-13-7-11(15-10)16-12/h6-9H,2-5,12H2,1H3,(H2,14,15,16). The average Bonchev–Trinajstić information content (AvgIpc) is 2.40. The van der Waals surface area contributed by atoms with Gasteiger partial charge in [-0.2, -0.15) is 11.8 Å². The molecule has 0 amide bonds. The number of nitrogen functional groups attached to an aromatic ring is 1. The highest BCUT2D eigenvalue weighted by molar-refractivity contribution is 7.99. The lowest BCUT2D eigenvalue weighted by atomic mass is 9.95. The third kappa shape index (κ3) is 3.47. The number of nitrogens with one attached hydrogen (secondary N) is 2. The van der Waals surface area contributed by atoms with Crippen LogP contribution in [-0.4, -0.2) is 27.5 Å². The molecule has 0 radical (unpaired) electrons. The van der Waals surface area contributed by atoms with Gasteiger partial charge >= 0.3 is 0 Å². The van der Waals surface area contributed by atoms with Crippen molar-refractivity contribution in [2.45, 2.75) is 37.0 Å². The van der Waals surface area contributed by atoms with Crippen molar-refractivity contribution in [3.8, 4) is 0 Å². The Morgan fingerprint density at radius 2 is 1.94 bits per heavy atom. The van der Waals surface area contributed by atoms with E-state index in [2.05, 4.69) is 27.0 Å². The molecule has 1 heterocycles. The SMILES string of the molecule is CSC1CCC(Nc2cncc(NN)n2)CC1. The number of hydrogen-bond acceptors (Lipinski definition) is 6. The first kappa shape index (κ1) is 12.4. The fraction of sp³-hybridized carbons (Fsp3) is 0.636. The van der Waals surface area contributed by atoms with Gasteiger partial charge in [0.1, 0.15) is 5.82 Å². The van der Waals surface area contributed by atoms with E-state index in [1.165, 1.54) is 25.7 Å². The van der Waals surface area contributed by atoms with Gasteiger partial charge in [-0.3, -0.25) is 4.98 Å². The maximum Gasteiger partial charge on any atom is 0.160 e. The van der Waals surface area contributed by atoms with Crippen LogP contribution in [0.3, 0.4) is 0 Å². The smallest absolute Gasteiger partial charge is 0.160 e. The summed E-state index contributed by atoms with van der Waals surface area (Å²) in [6, 6.07) is 0.515. The molecule has 4 N–H and O–H groups in total. The van der Waals surface area contributed by atoms with E-state index in [4.69, 9.17) is 5.84 Å². The number of thioether (sulfide) groups is 1. The largest absolute Gasteiger partial charge is 0.366 e. The molecule has 0 aliphatic heterocycles. The Balaban J connectivity index is 1.88. The quantitative estimate of drug-likeness (QED) is 0.561. The summed E-state index contributed by atoms with van der Waals surface area (Å²) in [4.78, 5) is 8.39. The van der Waals surface area contributed by atoms with Crippen molar-refractivity contribution in [1.82, 2.24) is 9.97 Å². The summed E-state index contributed by atoms with van der Waals surface area (Å²) < 4.78 is 0. The molecule has 1 aromatic heterocycles. The Labute approximate surface area is 106 Å². The molecule has 0 unspecified atom stereocenters. The summed E-state index contributed by atoms with van der Waals surface area (Å²) >= 11 is 1.98. The first-order chi connectivity index (χ1) is 8.31. The highest BCUT2D eigenvalue weighted by Gasteiger charge is 2.20. The number of anilines is 2. The molecule has 1 aromatic rings. The number of nitrogens with zero attached hydrogens (tertiary/aromatic N) is 2. The maximum absolute atomic E-state index is 5.31. The summed E-state index contributed by atoms with van der Waals surface area (Å²) in [5.41, 5.74) is 2.50. The van der Waals surface area contributed by atoms with E-state index in [0.717, 1.165) is 11.1 Å². The van der Waals surface area contributed by atoms with E-state index in [-0.39, 0.29) is 0 Å². The van der Waals surface area contributed by atoms with Crippen molar-refractivity contribution in [3.05, 3.63) is 12.4 Å². The van der Waals surface area contributed by atoms with Gasteiger partial charge in [-0.1, -0.05) is 0 Å². The van der Waals surface area contributed by atoms with Crippen molar-refractivity contribution in [3.63, 3.8) is 0 Å². The molecule has 1 aliphatic rings. The zero-order valence-electron chi connectivity index (χ0n) is 10.0. The van der Waals surface area contributed by atoms with Crippen molar-refractivity contribution in [2.75, 3.05) is 17.0 Å². The molecule has 17 heavy (non-hydrogen) atoms. The van der Waals surface area contributed by atoms with Gasteiger partial charge in [0.2, 0.25) is 0 Å². The minimum atomic E-state index is 0.515. The van der Waals surface area contributed by atoms with E-state index in [1.807, 2.05) is 11.8 Å². The Kier molecular flexibility index (Phi) is 4.44. The lowest BCUT2D eigenvalue weighted by Crippen LogP contribution is -2.27. The third-order valence-electron chi connectivity index (χ3n) is 3.14. The fourth-order valence-corrected chi connectivity index (χ4v) is 2.90. The van der Waals surface area contributed by atoms with E-state index in [9.17, 15) is 0 Å². The van der Waals surface area contributed by atoms with Crippen LogP contribution < -0.4 is 16.6 Å². The number of hydrogen-bond donors (Lipinski definition) is 3. The molecule has 1 aliphatic carbocycles. The molecule has 6 heteroatoms. The molecular formula is C11H19N5S. The Morgan fingerprint density at radius 1 is 1.24 bits per heavy atom. The third-order valence-corrected chi connectivity index (χ3v) is 4.28. The van der Waals surface area contributed by atoms with E-state index < -0.39 is 0 Å². The van der Waals surface area contributed by atoms with Crippen LogP contribution in [0, 0.1) is 0 Å². The molecule has 0 bridgehead atoms. The van der Waals surface area contributed by atoms with Gasteiger partial charge in [-0.15, -0.1) is 0 Å². The average molecular weight is 253 g/mol. The first-order valence-electron chi connectivity index (χ1n) is 5.90. The predicted molar refractivity (Wildman–Crippen MR) is 73.0 cm³/mol. The van der Waals surface area contributed by atoms with Crippen molar-refractivity contribution in [1.29, 1.82) is 0 Å². The van der Waals surface area contributed by atoms with Crippen LogP contribution >= 0.6 is 11.8 Å². The number of aromatic nitrogens is 2. The van der Waals surface area contributed by atoms with Gasteiger partial charge in [-0.25, -0.2) is 10.8 Å². The molecule has 0 aromatic carbocycles. The molecule has 1 saturated carbocycles. The molecule has 5 nitrogen and oxygen atoms in total. The molecule has 2 rings (SSSR count). The Hall–Kier alpha value is -1.01. The lowest BCUT2D eigenvalue weighted by molar-refractivity contribution is 0.472. The van der Waals surface area contributed by atoms with Gasteiger partial charge in [-0.05, 0) is 31.9 Å². The van der Waals surface area contributed by atoms with Crippen molar-refractivity contribution in [2.24, 2.45) is 5.84 Å². The van der Waals surface area contributed by atoms with Gasteiger partial charge < -0.3 is 10.7 Å². The molecule has 0 atom stereocenters. The summed E-state index contributed by atoms with van der Waals surface area (Å²) in [7, 11) is 0. The van der Waals surface area contributed by atoms with Crippen molar-refractivity contribution >= 4 is 23.4 Å². The van der Waals surface area contributed by atoms with Crippen LogP contribution in [-0.2, 0) is 0 Å². The summed E-state index contributed by atoms with van der Waals surface area (Å²) in [5, 5.41) is 4.25. The van der Waals surface area contributed by atoms with E-state index in [1.54, 1.807) is 12.4 Å². The van der Waals surface area contributed by atoms with Gasteiger partial charge in [0.15, 0.2) is 5.82 Å². The Bertz CT molecular complexity index is 351. The van der Waals surface area contributed by atoms with E-state index in [0.29, 0.717) is 11.9 Å². The normalized spacial score (nSPS) is 24.4. The minimum absolute atomic E-state index is 0.515. The topological polar surface area (TPSA) is 75.9 Å². The lowest BCUT2D eigenvalue weighted by Gasteiger charge is -2.28. The first-order valence-corrected chi connectivity index (χ1v) is 7.18. The van der Waals surface area contributed by atoms with Gasteiger partial charge in [0.25, 0.3) is 0 Å². The second-order valence-corrected chi connectivity index (χ2v) is 5.43. The summed E-state index contributed by atoms with van der Waals surface area (Å²) in [5.74, 6) is 6.69. The van der Waals surface area contributed by atoms with Gasteiger partial charge in [0.05, 0.1) is 12.4 Å². The molecule has 0 saturated heterocycles.